The van der Waals surface area contributed by atoms with Gasteiger partial charge >= 0.3 is 6.09 Å². The first kappa shape index (κ1) is 16.5. The van der Waals surface area contributed by atoms with E-state index in [9.17, 15) is 9.59 Å². The van der Waals surface area contributed by atoms with Crippen LogP contribution in [0.2, 0.25) is 0 Å². The van der Waals surface area contributed by atoms with Crippen molar-refractivity contribution in [2.24, 2.45) is 0 Å². The molecule has 0 heterocycles. The summed E-state index contributed by atoms with van der Waals surface area (Å²) in [6, 6.07) is 15.8. The highest BCUT2D eigenvalue weighted by atomic mass is 16.6. The quantitative estimate of drug-likeness (QED) is 0.914. The lowest BCUT2D eigenvalue weighted by molar-refractivity contribution is 0.102. The lowest BCUT2D eigenvalue weighted by Crippen LogP contribution is -2.33. The average Bonchev–Trinajstić information content (AvgIpc) is 2.57. The molecule has 120 valence electrons. The van der Waals surface area contributed by atoms with Crippen molar-refractivity contribution >= 4 is 17.7 Å². The number of ether oxygens (including phenoxy) is 1. The number of nitrogens with zero attached hydrogens (tertiary/aromatic N) is 1. The van der Waals surface area contributed by atoms with Gasteiger partial charge in [0.1, 0.15) is 5.75 Å². The van der Waals surface area contributed by atoms with Crippen LogP contribution in [0, 0.1) is 0 Å². The Bertz CT molecular complexity index is 667. The van der Waals surface area contributed by atoms with Gasteiger partial charge in [-0.2, -0.15) is 0 Å². The zero-order chi connectivity index (χ0) is 16.7. The minimum atomic E-state index is -0.463. The van der Waals surface area contributed by atoms with Gasteiger partial charge in [0.25, 0.3) is 5.91 Å². The van der Waals surface area contributed by atoms with Gasteiger partial charge in [-0.05, 0) is 38.1 Å². The highest BCUT2D eigenvalue weighted by Crippen LogP contribution is 2.20. The molecule has 23 heavy (non-hydrogen) atoms. The van der Waals surface area contributed by atoms with Crippen LogP contribution in [-0.4, -0.2) is 30.0 Å². The molecule has 2 rings (SSSR count). The van der Waals surface area contributed by atoms with Gasteiger partial charge in [-0.25, -0.2) is 4.79 Å². The van der Waals surface area contributed by atoms with Crippen molar-refractivity contribution in [2.75, 3.05) is 18.4 Å². The maximum atomic E-state index is 12.4. The van der Waals surface area contributed by atoms with E-state index in [0.29, 0.717) is 24.3 Å². The van der Waals surface area contributed by atoms with Crippen molar-refractivity contribution in [3.63, 3.8) is 0 Å². The number of carbonyl (C=O) groups is 2. The number of rotatable bonds is 5. The molecule has 1 N–H and O–H groups in total. The van der Waals surface area contributed by atoms with Crippen LogP contribution in [0.1, 0.15) is 24.2 Å². The van der Waals surface area contributed by atoms with Gasteiger partial charge in [-0.1, -0.05) is 30.3 Å². The highest BCUT2D eigenvalue weighted by molar-refractivity contribution is 6.06. The summed E-state index contributed by atoms with van der Waals surface area (Å²) < 4.78 is 5.37. The fourth-order valence-electron chi connectivity index (χ4n) is 2.10. The average molecular weight is 312 g/mol. The fourth-order valence-corrected chi connectivity index (χ4v) is 2.10. The second-order valence-electron chi connectivity index (χ2n) is 4.86. The Morgan fingerprint density at radius 3 is 2.22 bits per heavy atom. The van der Waals surface area contributed by atoms with Crippen LogP contribution in [0.25, 0.3) is 0 Å². The Kier molecular flexibility index (Phi) is 5.74. The first-order valence-corrected chi connectivity index (χ1v) is 7.57. The van der Waals surface area contributed by atoms with Crippen molar-refractivity contribution in [3.8, 4) is 5.75 Å². The van der Waals surface area contributed by atoms with Crippen molar-refractivity contribution in [3.05, 3.63) is 60.2 Å². The zero-order valence-corrected chi connectivity index (χ0v) is 13.3. The summed E-state index contributed by atoms with van der Waals surface area (Å²) in [5.41, 5.74) is 0.999. The van der Waals surface area contributed by atoms with E-state index in [1.807, 2.05) is 32.0 Å². The molecular formula is C18H20N2O3. The highest BCUT2D eigenvalue weighted by Gasteiger charge is 2.17. The van der Waals surface area contributed by atoms with Crippen LogP contribution in [0.15, 0.2) is 54.6 Å². The summed E-state index contributed by atoms with van der Waals surface area (Å²) in [6.45, 7) is 4.85. The molecule has 0 saturated heterocycles. The van der Waals surface area contributed by atoms with Gasteiger partial charge < -0.3 is 15.0 Å². The first-order valence-electron chi connectivity index (χ1n) is 7.57. The maximum absolute atomic E-state index is 12.4. The number of amides is 2. The van der Waals surface area contributed by atoms with Gasteiger partial charge in [0, 0.05) is 18.8 Å². The zero-order valence-electron chi connectivity index (χ0n) is 13.3. The summed E-state index contributed by atoms with van der Waals surface area (Å²) >= 11 is 0. The van der Waals surface area contributed by atoms with Gasteiger partial charge in [0.2, 0.25) is 0 Å². The monoisotopic (exact) mass is 312 g/mol. The van der Waals surface area contributed by atoms with E-state index in [4.69, 9.17) is 4.74 Å². The summed E-state index contributed by atoms with van der Waals surface area (Å²) in [7, 11) is 0. The maximum Gasteiger partial charge on any atom is 0.415 e. The van der Waals surface area contributed by atoms with E-state index < -0.39 is 6.09 Å². The molecule has 0 bridgehead atoms. The lowest BCUT2D eigenvalue weighted by Gasteiger charge is -2.19. The standard InChI is InChI=1S/C18H20N2O3/c1-3-20(4-2)18(22)23-16-13-9-8-12-15(16)17(21)19-14-10-6-5-7-11-14/h5-13H,3-4H2,1-2H3,(H,19,21). The van der Waals surface area contributed by atoms with Crippen LogP contribution in [-0.2, 0) is 0 Å². The molecule has 0 fully saturated rings. The topological polar surface area (TPSA) is 58.6 Å². The number of nitrogens with one attached hydrogen (secondary N) is 1. The third-order valence-corrected chi connectivity index (χ3v) is 3.38. The second-order valence-corrected chi connectivity index (χ2v) is 4.86. The molecule has 0 aliphatic heterocycles. The minimum absolute atomic E-state index is 0.248. The van der Waals surface area contributed by atoms with Gasteiger partial charge in [-0.3, -0.25) is 4.79 Å². The Hall–Kier alpha value is -2.82. The first-order chi connectivity index (χ1) is 11.2. The third kappa shape index (κ3) is 4.32. The van der Waals surface area contributed by atoms with Crippen molar-refractivity contribution in [2.45, 2.75) is 13.8 Å². The smallest absolute Gasteiger partial charge is 0.409 e. The molecule has 2 amide bonds. The summed E-state index contributed by atoms with van der Waals surface area (Å²) in [5.74, 6) is -0.0722. The summed E-state index contributed by atoms with van der Waals surface area (Å²) in [4.78, 5) is 26.0. The van der Waals surface area contributed by atoms with Crippen molar-refractivity contribution in [1.29, 1.82) is 0 Å². The molecule has 0 saturated carbocycles. The normalized spacial score (nSPS) is 10.0. The molecule has 0 spiro atoms. The number of benzene rings is 2. The molecule has 0 aromatic heterocycles. The lowest BCUT2D eigenvalue weighted by atomic mass is 10.2. The van der Waals surface area contributed by atoms with Gasteiger partial charge in [0.15, 0.2) is 0 Å². The van der Waals surface area contributed by atoms with Crippen LogP contribution in [0.4, 0.5) is 10.5 Å². The molecule has 0 aliphatic carbocycles. The molecule has 0 unspecified atom stereocenters. The van der Waals surface area contributed by atoms with E-state index in [2.05, 4.69) is 5.32 Å². The molecule has 0 aliphatic rings. The van der Waals surface area contributed by atoms with E-state index in [-0.39, 0.29) is 11.7 Å². The molecular weight excluding hydrogens is 292 g/mol. The number of anilines is 1. The Morgan fingerprint density at radius 1 is 0.957 bits per heavy atom. The summed E-state index contributed by atoms with van der Waals surface area (Å²) in [5, 5.41) is 2.79. The Labute approximate surface area is 135 Å². The van der Waals surface area contributed by atoms with Crippen LogP contribution in [0.5, 0.6) is 5.75 Å². The molecule has 0 radical (unpaired) electrons. The SMILES string of the molecule is CCN(CC)C(=O)Oc1ccccc1C(=O)Nc1ccccc1. The van der Waals surface area contributed by atoms with E-state index in [0.717, 1.165) is 0 Å². The number of carbonyl (C=O) groups excluding carboxylic acids is 2. The number of hydrogen-bond acceptors (Lipinski definition) is 3. The van der Waals surface area contributed by atoms with Gasteiger partial charge in [0.05, 0.1) is 5.56 Å². The van der Waals surface area contributed by atoms with E-state index >= 15 is 0 Å². The largest absolute Gasteiger partial charge is 0.415 e. The van der Waals surface area contributed by atoms with Crippen molar-refractivity contribution < 1.29 is 14.3 Å². The molecule has 2 aromatic rings. The Morgan fingerprint density at radius 2 is 1.57 bits per heavy atom. The minimum Gasteiger partial charge on any atom is -0.409 e. The van der Waals surface area contributed by atoms with Crippen LogP contribution < -0.4 is 10.1 Å². The summed E-state index contributed by atoms with van der Waals surface area (Å²) in [6.07, 6.45) is -0.463. The number of hydrogen-bond donors (Lipinski definition) is 1. The van der Waals surface area contributed by atoms with E-state index in [1.165, 1.54) is 0 Å². The predicted octanol–water partition coefficient (Wildman–Crippen LogP) is 3.78. The molecule has 5 nitrogen and oxygen atoms in total. The van der Waals surface area contributed by atoms with Crippen LogP contribution in [0.3, 0.4) is 0 Å². The predicted molar refractivity (Wildman–Crippen MR) is 89.8 cm³/mol. The number of para-hydroxylation sites is 2. The van der Waals surface area contributed by atoms with Gasteiger partial charge in [-0.15, -0.1) is 0 Å². The Balaban J connectivity index is 2.17. The van der Waals surface area contributed by atoms with E-state index in [1.54, 1.807) is 41.3 Å². The van der Waals surface area contributed by atoms with Crippen molar-refractivity contribution in [1.82, 2.24) is 4.90 Å². The second kappa shape index (κ2) is 7.98. The molecule has 2 aromatic carbocycles. The third-order valence-electron chi connectivity index (χ3n) is 3.38. The van der Waals surface area contributed by atoms with Crippen LogP contribution >= 0.6 is 0 Å². The molecule has 5 heteroatoms. The fraction of sp³-hybridized carbons (Fsp3) is 0.222. The molecule has 0 atom stereocenters.